The van der Waals surface area contributed by atoms with Crippen LogP contribution in [0.25, 0.3) is 0 Å². The lowest BCUT2D eigenvalue weighted by Crippen LogP contribution is -2.09. The number of rotatable bonds is 4. The van der Waals surface area contributed by atoms with E-state index in [-0.39, 0.29) is 11.1 Å². The first-order valence-corrected chi connectivity index (χ1v) is 5.13. The van der Waals surface area contributed by atoms with Crippen molar-refractivity contribution in [1.29, 1.82) is 0 Å². The van der Waals surface area contributed by atoms with E-state index >= 15 is 0 Å². The van der Waals surface area contributed by atoms with Crippen LogP contribution in [0.2, 0.25) is 0 Å². The maximum absolute atomic E-state index is 11.1. The Morgan fingerprint density at radius 3 is 1.69 bits per heavy atom. The van der Waals surface area contributed by atoms with Crippen LogP contribution in [-0.2, 0) is 12.8 Å². The molecule has 4 heteroatoms. The number of aryl methyl sites for hydroxylation is 2. The van der Waals surface area contributed by atoms with E-state index in [1.54, 1.807) is 0 Å². The second-order valence-electron chi connectivity index (χ2n) is 3.49. The minimum Gasteiger partial charge on any atom is -0.478 e. The molecule has 1 aromatic carbocycles. The van der Waals surface area contributed by atoms with Crippen molar-refractivity contribution in [2.75, 3.05) is 0 Å². The molecule has 0 bridgehead atoms. The molecule has 0 radical (unpaired) electrons. The lowest BCUT2D eigenvalue weighted by Gasteiger charge is -2.10. The smallest absolute Gasteiger partial charge is 0.336 e. The van der Waals surface area contributed by atoms with Crippen LogP contribution in [0.15, 0.2) is 12.1 Å². The number of carbonyl (C=O) groups is 2. The highest BCUT2D eigenvalue weighted by molar-refractivity contribution is 5.95. The van der Waals surface area contributed by atoms with Crippen LogP contribution >= 0.6 is 0 Å². The fourth-order valence-corrected chi connectivity index (χ4v) is 1.72. The highest BCUT2D eigenvalue weighted by Gasteiger charge is 2.17. The zero-order chi connectivity index (χ0) is 12.3. The first-order valence-electron chi connectivity index (χ1n) is 5.13. The van der Waals surface area contributed by atoms with E-state index < -0.39 is 11.9 Å². The molecule has 0 saturated heterocycles. The Kier molecular flexibility index (Phi) is 3.66. The number of benzene rings is 1. The van der Waals surface area contributed by atoms with Gasteiger partial charge in [-0.2, -0.15) is 0 Å². The topological polar surface area (TPSA) is 74.6 Å². The van der Waals surface area contributed by atoms with Gasteiger partial charge in [-0.25, -0.2) is 9.59 Å². The zero-order valence-electron chi connectivity index (χ0n) is 9.28. The Bertz CT molecular complexity index is 410. The average molecular weight is 222 g/mol. The molecule has 0 aliphatic heterocycles. The lowest BCUT2D eigenvalue weighted by atomic mass is 9.94. The molecule has 2 N–H and O–H groups in total. The van der Waals surface area contributed by atoms with Gasteiger partial charge in [-0.3, -0.25) is 0 Å². The molecule has 0 atom stereocenters. The van der Waals surface area contributed by atoms with Gasteiger partial charge in [0.05, 0.1) is 11.1 Å². The van der Waals surface area contributed by atoms with Crippen molar-refractivity contribution >= 4 is 11.9 Å². The summed E-state index contributed by atoms with van der Waals surface area (Å²) >= 11 is 0. The fourth-order valence-electron chi connectivity index (χ4n) is 1.72. The van der Waals surface area contributed by atoms with Gasteiger partial charge in [0.15, 0.2) is 0 Å². The molecule has 16 heavy (non-hydrogen) atoms. The summed E-state index contributed by atoms with van der Waals surface area (Å²) in [4.78, 5) is 22.0. The van der Waals surface area contributed by atoms with Crippen LogP contribution in [-0.4, -0.2) is 22.2 Å². The van der Waals surface area contributed by atoms with Crippen LogP contribution in [0, 0.1) is 0 Å². The molecule has 0 amide bonds. The van der Waals surface area contributed by atoms with Gasteiger partial charge in [0, 0.05) is 0 Å². The Labute approximate surface area is 93.5 Å². The highest BCUT2D eigenvalue weighted by Crippen LogP contribution is 2.19. The zero-order valence-corrected chi connectivity index (χ0v) is 9.28. The minimum atomic E-state index is -1.03. The predicted molar refractivity (Wildman–Crippen MR) is 59.1 cm³/mol. The van der Waals surface area contributed by atoms with Crippen LogP contribution < -0.4 is 0 Å². The molecule has 4 nitrogen and oxygen atoms in total. The van der Waals surface area contributed by atoms with E-state index in [0.29, 0.717) is 24.0 Å². The third-order valence-electron chi connectivity index (χ3n) is 2.52. The molecule has 0 aromatic heterocycles. The molecule has 0 aliphatic rings. The maximum atomic E-state index is 11.1. The molecule has 1 aromatic rings. The van der Waals surface area contributed by atoms with E-state index in [2.05, 4.69) is 0 Å². The van der Waals surface area contributed by atoms with E-state index in [4.69, 9.17) is 10.2 Å². The standard InChI is InChI=1S/C12H14O4/c1-3-7-5-9(11(13)14)6-8(4-2)10(7)12(15)16/h5-6H,3-4H2,1-2H3,(H,13,14)(H,15,16). The van der Waals surface area contributed by atoms with Crippen LogP contribution in [0.5, 0.6) is 0 Å². The van der Waals surface area contributed by atoms with Gasteiger partial charge in [-0.15, -0.1) is 0 Å². The van der Waals surface area contributed by atoms with Gasteiger partial charge in [0.1, 0.15) is 0 Å². The van der Waals surface area contributed by atoms with E-state index in [0.717, 1.165) is 0 Å². The maximum Gasteiger partial charge on any atom is 0.336 e. The molecule has 0 heterocycles. The molecular formula is C12H14O4. The monoisotopic (exact) mass is 222 g/mol. The van der Waals surface area contributed by atoms with E-state index in [1.807, 2.05) is 13.8 Å². The summed E-state index contributed by atoms with van der Waals surface area (Å²) in [5.41, 5.74) is 1.54. The average Bonchev–Trinajstić information content (AvgIpc) is 2.26. The predicted octanol–water partition coefficient (Wildman–Crippen LogP) is 2.21. The van der Waals surface area contributed by atoms with Gasteiger partial charge in [0.25, 0.3) is 0 Å². The van der Waals surface area contributed by atoms with Crippen molar-refractivity contribution in [2.24, 2.45) is 0 Å². The highest BCUT2D eigenvalue weighted by atomic mass is 16.4. The molecule has 86 valence electrons. The van der Waals surface area contributed by atoms with Gasteiger partial charge < -0.3 is 10.2 Å². The van der Waals surface area contributed by atoms with Gasteiger partial charge >= 0.3 is 11.9 Å². The minimum absolute atomic E-state index is 0.152. The van der Waals surface area contributed by atoms with Gasteiger partial charge in [-0.05, 0) is 36.1 Å². The number of hydrogen-bond acceptors (Lipinski definition) is 2. The Hall–Kier alpha value is -1.84. The first-order chi connectivity index (χ1) is 7.51. The quantitative estimate of drug-likeness (QED) is 0.819. The summed E-state index contributed by atoms with van der Waals surface area (Å²) in [7, 11) is 0. The third-order valence-corrected chi connectivity index (χ3v) is 2.52. The summed E-state index contributed by atoms with van der Waals surface area (Å²) in [6, 6.07) is 2.87. The second kappa shape index (κ2) is 4.79. The largest absolute Gasteiger partial charge is 0.478 e. The fraction of sp³-hybridized carbons (Fsp3) is 0.333. The van der Waals surface area contributed by atoms with Crippen molar-refractivity contribution in [2.45, 2.75) is 26.7 Å². The number of carboxylic acid groups (broad SMARTS) is 2. The number of aromatic carboxylic acids is 2. The van der Waals surface area contributed by atoms with Gasteiger partial charge in [-0.1, -0.05) is 13.8 Å². The number of hydrogen-bond donors (Lipinski definition) is 2. The Morgan fingerprint density at radius 1 is 1.00 bits per heavy atom. The van der Waals surface area contributed by atoms with Crippen molar-refractivity contribution in [1.82, 2.24) is 0 Å². The summed E-state index contributed by atoms with van der Waals surface area (Å²) < 4.78 is 0. The number of carboxylic acids is 2. The van der Waals surface area contributed by atoms with E-state index in [9.17, 15) is 9.59 Å². The SMILES string of the molecule is CCc1cc(C(=O)O)cc(CC)c1C(=O)O. The van der Waals surface area contributed by atoms with E-state index in [1.165, 1.54) is 12.1 Å². The Balaban J connectivity index is 3.49. The first kappa shape index (κ1) is 12.2. The molecule has 0 spiro atoms. The molecule has 0 aliphatic carbocycles. The molecule has 0 unspecified atom stereocenters. The van der Waals surface area contributed by atoms with Crippen molar-refractivity contribution < 1.29 is 19.8 Å². The van der Waals surface area contributed by atoms with Crippen LogP contribution in [0.1, 0.15) is 45.7 Å². The summed E-state index contributed by atoms with van der Waals surface area (Å²) in [6.07, 6.45) is 1.02. The van der Waals surface area contributed by atoms with Gasteiger partial charge in [0.2, 0.25) is 0 Å². The molecule has 0 saturated carbocycles. The molecule has 1 rings (SSSR count). The van der Waals surface area contributed by atoms with Crippen LogP contribution in [0.4, 0.5) is 0 Å². The second-order valence-corrected chi connectivity index (χ2v) is 3.49. The van der Waals surface area contributed by atoms with Crippen molar-refractivity contribution in [3.63, 3.8) is 0 Å². The summed E-state index contributed by atoms with van der Waals surface area (Å²) in [5.74, 6) is -2.02. The van der Waals surface area contributed by atoms with Crippen LogP contribution in [0.3, 0.4) is 0 Å². The lowest BCUT2D eigenvalue weighted by molar-refractivity contribution is 0.0679. The molecule has 0 fully saturated rings. The summed E-state index contributed by atoms with van der Waals surface area (Å²) in [6.45, 7) is 3.62. The Morgan fingerprint density at radius 2 is 1.44 bits per heavy atom. The third kappa shape index (κ3) is 2.21. The van der Waals surface area contributed by atoms with Crippen molar-refractivity contribution in [3.05, 3.63) is 34.4 Å². The van der Waals surface area contributed by atoms with Crippen molar-refractivity contribution in [3.8, 4) is 0 Å². The summed E-state index contributed by atoms with van der Waals surface area (Å²) in [5, 5.41) is 18.0. The molecular weight excluding hydrogens is 208 g/mol. The normalized spacial score (nSPS) is 10.1.